The lowest BCUT2D eigenvalue weighted by Crippen LogP contribution is -2.59. The summed E-state index contributed by atoms with van der Waals surface area (Å²) in [4.78, 5) is 41.0. The molecule has 4 aliphatic carbocycles. The molecule has 5 rings (SSSR count). The molecular formula is C27H38FN3O3. The third kappa shape index (κ3) is 5.28. The van der Waals surface area contributed by atoms with E-state index in [9.17, 15) is 18.8 Å². The zero-order valence-corrected chi connectivity index (χ0v) is 20.6. The highest BCUT2D eigenvalue weighted by atomic mass is 19.1. The molecule has 6 nitrogen and oxygen atoms in total. The lowest BCUT2D eigenvalue weighted by molar-refractivity contribution is -0.151. The molecule has 0 aromatic heterocycles. The molecule has 2 N–H and O–H groups in total. The third-order valence-electron chi connectivity index (χ3n) is 8.17. The van der Waals surface area contributed by atoms with Gasteiger partial charge in [0.25, 0.3) is 0 Å². The minimum atomic E-state index is -0.648. The predicted molar refractivity (Wildman–Crippen MR) is 128 cm³/mol. The summed E-state index contributed by atoms with van der Waals surface area (Å²) in [5.74, 6) is 1.10. The van der Waals surface area contributed by atoms with Crippen molar-refractivity contribution < 1.29 is 18.8 Å². The van der Waals surface area contributed by atoms with Crippen LogP contribution in [-0.2, 0) is 20.9 Å². The first kappa shape index (κ1) is 24.7. The largest absolute Gasteiger partial charge is 0.350 e. The molecule has 1 unspecified atom stereocenters. The van der Waals surface area contributed by atoms with Crippen molar-refractivity contribution in [3.63, 3.8) is 0 Å². The molecule has 7 heteroatoms. The Morgan fingerprint density at radius 3 is 2.09 bits per heavy atom. The topological polar surface area (TPSA) is 78.5 Å². The van der Waals surface area contributed by atoms with Gasteiger partial charge in [-0.25, -0.2) is 4.39 Å². The van der Waals surface area contributed by atoms with Crippen LogP contribution in [0.25, 0.3) is 0 Å². The van der Waals surface area contributed by atoms with Crippen LogP contribution < -0.4 is 10.6 Å². The Morgan fingerprint density at radius 2 is 1.59 bits per heavy atom. The van der Waals surface area contributed by atoms with Gasteiger partial charge in [-0.15, -0.1) is 0 Å². The van der Waals surface area contributed by atoms with E-state index < -0.39 is 6.04 Å². The SMILES string of the molecule is CCN(CC(=O)NCc1ccc(F)cc1)C(=O)C(NC(=O)C12CC3CC(CC(C3)C1)C2)C(C)C. The van der Waals surface area contributed by atoms with Crippen molar-refractivity contribution in [1.82, 2.24) is 15.5 Å². The highest BCUT2D eigenvalue weighted by molar-refractivity contribution is 5.92. The van der Waals surface area contributed by atoms with Crippen LogP contribution in [0.5, 0.6) is 0 Å². The molecule has 4 fully saturated rings. The zero-order chi connectivity index (χ0) is 24.5. The maximum Gasteiger partial charge on any atom is 0.245 e. The molecule has 0 saturated heterocycles. The van der Waals surface area contributed by atoms with E-state index in [4.69, 9.17) is 0 Å². The fourth-order valence-corrected chi connectivity index (χ4v) is 6.77. The Balaban J connectivity index is 1.36. The summed E-state index contributed by atoms with van der Waals surface area (Å²) >= 11 is 0. The van der Waals surface area contributed by atoms with Gasteiger partial charge in [0.15, 0.2) is 0 Å². The number of hydrogen-bond donors (Lipinski definition) is 2. The molecule has 4 saturated carbocycles. The zero-order valence-electron chi connectivity index (χ0n) is 20.6. The number of amides is 3. The average molecular weight is 472 g/mol. The van der Waals surface area contributed by atoms with Crippen LogP contribution in [0.3, 0.4) is 0 Å². The predicted octanol–water partition coefficient (Wildman–Crippen LogP) is 3.65. The summed E-state index contributed by atoms with van der Waals surface area (Å²) in [6.07, 6.45) is 6.63. The summed E-state index contributed by atoms with van der Waals surface area (Å²) in [6.45, 7) is 6.27. The summed E-state index contributed by atoms with van der Waals surface area (Å²) in [7, 11) is 0. The minimum absolute atomic E-state index is 0.0375. The normalized spacial score (nSPS) is 28.0. The van der Waals surface area contributed by atoms with Gasteiger partial charge in [0.05, 0.1) is 6.54 Å². The Morgan fingerprint density at radius 1 is 1.03 bits per heavy atom. The van der Waals surface area contributed by atoms with E-state index in [-0.39, 0.29) is 48.0 Å². The standard InChI is InChI=1S/C27H38FN3O3/c1-4-31(16-23(32)29-15-18-5-7-22(28)8-6-18)25(33)24(17(2)3)30-26(34)27-12-19-9-20(13-27)11-21(10-19)14-27/h5-8,17,19-21,24H,4,9-16H2,1-3H3,(H,29,32)(H,30,34). The van der Waals surface area contributed by atoms with Crippen LogP contribution in [0.15, 0.2) is 24.3 Å². The fraction of sp³-hybridized carbons (Fsp3) is 0.667. The summed E-state index contributed by atoms with van der Waals surface area (Å²) in [6, 6.07) is 5.29. The van der Waals surface area contributed by atoms with Crippen molar-refractivity contribution in [2.75, 3.05) is 13.1 Å². The van der Waals surface area contributed by atoms with E-state index in [1.807, 2.05) is 20.8 Å². The molecule has 4 bridgehead atoms. The van der Waals surface area contributed by atoms with E-state index in [2.05, 4.69) is 10.6 Å². The number of carbonyl (C=O) groups is 3. The second-order valence-electron chi connectivity index (χ2n) is 11.1. The number of hydrogen-bond acceptors (Lipinski definition) is 3. The number of nitrogens with one attached hydrogen (secondary N) is 2. The summed E-state index contributed by atoms with van der Waals surface area (Å²) in [5.41, 5.74) is 0.471. The number of carbonyl (C=O) groups excluding carboxylic acids is 3. The fourth-order valence-electron chi connectivity index (χ4n) is 6.77. The third-order valence-corrected chi connectivity index (χ3v) is 8.17. The van der Waals surface area contributed by atoms with Gasteiger partial charge < -0.3 is 15.5 Å². The molecule has 4 aliphatic rings. The Labute approximate surface area is 202 Å². The van der Waals surface area contributed by atoms with Gasteiger partial charge in [0.1, 0.15) is 11.9 Å². The smallest absolute Gasteiger partial charge is 0.245 e. The van der Waals surface area contributed by atoms with E-state index in [0.29, 0.717) is 24.3 Å². The summed E-state index contributed by atoms with van der Waals surface area (Å²) < 4.78 is 13.1. The van der Waals surface area contributed by atoms with E-state index >= 15 is 0 Å². The van der Waals surface area contributed by atoms with E-state index in [1.54, 1.807) is 12.1 Å². The first-order valence-electron chi connectivity index (χ1n) is 12.8. The first-order chi connectivity index (χ1) is 16.2. The molecule has 0 radical (unpaired) electrons. The molecule has 1 atom stereocenters. The van der Waals surface area contributed by atoms with Crippen molar-refractivity contribution in [3.05, 3.63) is 35.6 Å². The number of rotatable bonds is 9. The quantitative estimate of drug-likeness (QED) is 0.577. The lowest BCUT2D eigenvalue weighted by Gasteiger charge is -2.56. The van der Waals surface area contributed by atoms with Crippen LogP contribution in [0, 0.1) is 34.9 Å². The average Bonchev–Trinajstić information content (AvgIpc) is 2.79. The molecular weight excluding hydrogens is 433 g/mol. The van der Waals surface area contributed by atoms with Crippen LogP contribution in [0.4, 0.5) is 4.39 Å². The van der Waals surface area contributed by atoms with Gasteiger partial charge >= 0.3 is 0 Å². The molecule has 34 heavy (non-hydrogen) atoms. The van der Waals surface area contributed by atoms with Crippen molar-refractivity contribution in [3.8, 4) is 0 Å². The molecule has 0 heterocycles. The molecule has 0 spiro atoms. The van der Waals surface area contributed by atoms with E-state index in [0.717, 1.165) is 24.8 Å². The second kappa shape index (κ2) is 10.0. The second-order valence-corrected chi connectivity index (χ2v) is 11.1. The van der Waals surface area contributed by atoms with Gasteiger partial charge in [-0.05, 0) is 86.8 Å². The summed E-state index contributed by atoms with van der Waals surface area (Å²) in [5, 5.41) is 5.92. The van der Waals surface area contributed by atoms with Crippen LogP contribution in [0.1, 0.15) is 64.9 Å². The molecule has 186 valence electrons. The van der Waals surface area contributed by atoms with Gasteiger partial charge in [-0.2, -0.15) is 0 Å². The number of nitrogens with zero attached hydrogens (tertiary/aromatic N) is 1. The van der Waals surface area contributed by atoms with Gasteiger partial charge in [-0.1, -0.05) is 26.0 Å². The Bertz CT molecular complexity index is 879. The highest BCUT2D eigenvalue weighted by Crippen LogP contribution is 2.60. The lowest BCUT2D eigenvalue weighted by atomic mass is 9.49. The first-order valence-corrected chi connectivity index (χ1v) is 12.8. The molecule has 0 aliphatic heterocycles. The van der Waals surface area contributed by atoms with Gasteiger partial charge in [-0.3, -0.25) is 14.4 Å². The molecule has 3 amide bonds. The molecule has 1 aromatic carbocycles. The van der Waals surface area contributed by atoms with Crippen molar-refractivity contribution in [1.29, 1.82) is 0 Å². The van der Waals surface area contributed by atoms with Crippen LogP contribution >= 0.6 is 0 Å². The number of halogens is 1. The van der Waals surface area contributed by atoms with Crippen molar-refractivity contribution >= 4 is 17.7 Å². The maximum absolute atomic E-state index is 13.5. The van der Waals surface area contributed by atoms with Crippen LogP contribution in [0.2, 0.25) is 0 Å². The van der Waals surface area contributed by atoms with Gasteiger partial charge in [0, 0.05) is 18.5 Å². The monoisotopic (exact) mass is 471 g/mol. The van der Waals surface area contributed by atoms with Crippen molar-refractivity contribution in [2.24, 2.45) is 29.1 Å². The number of likely N-dealkylation sites (N-methyl/N-ethyl adjacent to an activating group) is 1. The van der Waals surface area contributed by atoms with Crippen molar-refractivity contribution in [2.45, 2.75) is 71.9 Å². The minimum Gasteiger partial charge on any atom is -0.350 e. The van der Waals surface area contributed by atoms with Crippen LogP contribution in [-0.4, -0.2) is 41.8 Å². The van der Waals surface area contributed by atoms with E-state index in [1.165, 1.54) is 36.3 Å². The molecule has 1 aromatic rings. The Hall–Kier alpha value is -2.44. The number of benzene rings is 1. The Kier molecular flexibility index (Phi) is 7.29. The maximum atomic E-state index is 13.5. The van der Waals surface area contributed by atoms with Gasteiger partial charge in [0.2, 0.25) is 17.7 Å². The highest BCUT2D eigenvalue weighted by Gasteiger charge is 2.55.